The molecule has 0 saturated heterocycles. The van der Waals surface area contributed by atoms with E-state index >= 15 is 0 Å². The Morgan fingerprint density at radius 2 is 1.78 bits per heavy atom. The van der Waals surface area contributed by atoms with Gasteiger partial charge in [-0.25, -0.2) is 0 Å². The lowest BCUT2D eigenvalue weighted by atomic mass is 9.79. The van der Waals surface area contributed by atoms with Gasteiger partial charge in [-0.2, -0.15) is 0 Å². The minimum absolute atomic E-state index is 0.00486. The summed E-state index contributed by atoms with van der Waals surface area (Å²) in [6, 6.07) is 0. The Bertz CT molecular complexity index is 347. The molecule has 0 spiro atoms. The van der Waals surface area contributed by atoms with E-state index in [1.165, 1.54) is 0 Å². The van der Waals surface area contributed by atoms with E-state index in [1.54, 1.807) is 0 Å². The summed E-state index contributed by atoms with van der Waals surface area (Å²) in [6.07, 6.45) is 4.81. The van der Waals surface area contributed by atoms with Gasteiger partial charge in [0.15, 0.2) is 0 Å². The van der Waals surface area contributed by atoms with Crippen LogP contribution in [0.15, 0.2) is 0 Å². The highest BCUT2D eigenvalue weighted by atomic mass is 16.4. The van der Waals surface area contributed by atoms with Gasteiger partial charge in [0.1, 0.15) is 0 Å². The Balaban J connectivity index is 4.48. The number of carboxylic acids is 1. The van der Waals surface area contributed by atoms with Crippen molar-refractivity contribution >= 4 is 11.9 Å². The van der Waals surface area contributed by atoms with E-state index in [9.17, 15) is 9.59 Å². The van der Waals surface area contributed by atoms with E-state index in [-0.39, 0.29) is 30.1 Å². The van der Waals surface area contributed by atoms with E-state index in [2.05, 4.69) is 26.1 Å². The van der Waals surface area contributed by atoms with Gasteiger partial charge in [0.05, 0.1) is 6.42 Å². The number of nitrogens with two attached hydrogens (primary N) is 1. The van der Waals surface area contributed by atoms with Gasteiger partial charge < -0.3 is 16.2 Å². The molecular formula is C18H36N2O3. The number of amides is 1. The van der Waals surface area contributed by atoms with Crippen molar-refractivity contribution in [2.75, 3.05) is 13.1 Å². The van der Waals surface area contributed by atoms with Gasteiger partial charge in [-0.1, -0.05) is 47.0 Å². The fourth-order valence-corrected chi connectivity index (χ4v) is 2.94. The summed E-state index contributed by atoms with van der Waals surface area (Å²) in [6.45, 7) is 9.49. The SMILES string of the molecule is CCCCC(C)C(C)C(CNC(=O)CC(C)CCN)CC(=O)O. The van der Waals surface area contributed by atoms with Crippen LogP contribution in [-0.4, -0.2) is 30.1 Å². The number of hydrogen-bond acceptors (Lipinski definition) is 3. The zero-order valence-corrected chi connectivity index (χ0v) is 15.3. The minimum atomic E-state index is -0.796. The van der Waals surface area contributed by atoms with Crippen LogP contribution in [0.4, 0.5) is 0 Å². The van der Waals surface area contributed by atoms with Gasteiger partial charge >= 0.3 is 5.97 Å². The van der Waals surface area contributed by atoms with Crippen LogP contribution < -0.4 is 11.1 Å². The molecule has 4 N–H and O–H groups in total. The van der Waals surface area contributed by atoms with Gasteiger partial charge in [0.2, 0.25) is 5.91 Å². The molecule has 4 atom stereocenters. The third-order valence-corrected chi connectivity index (χ3v) is 4.85. The summed E-state index contributed by atoms with van der Waals surface area (Å²) in [5.41, 5.74) is 5.50. The molecule has 0 radical (unpaired) electrons. The number of carboxylic acid groups (broad SMARTS) is 1. The largest absolute Gasteiger partial charge is 0.481 e. The second-order valence-electron chi connectivity index (χ2n) is 7.03. The van der Waals surface area contributed by atoms with Crippen molar-refractivity contribution in [3.05, 3.63) is 0 Å². The summed E-state index contributed by atoms with van der Waals surface area (Å²) >= 11 is 0. The fourth-order valence-electron chi connectivity index (χ4n) is 2.94. The van der Waals surface area contributed by atoms with Crippen LogP contribution in [0, 0.1) is 23.7 Å². The molecule has 0 aromatic carbocycles. The maximum Gasteiger partial charge on any atom is 0.303 e. The Labute approximate surface area is 141 Å². The molecule has 0 aliphatic rings. The second-order valence-corrected chi connectivity index (χ2v) is 7.03. The highest BCUT2D eigenvalue weighted by Gasteiger charge is 2.25. The van der Waals surface area contributed by atoms with Crippen molar-refractivity contribution in [3.63, 3.8) is 0 Å². The quantitative estimate of drug-likeness (QED) is 0.484. The van der Waals surface area contributed by atoms with Gasteiger partial charge in [-0.3, -0.25) is 9.59 Å². The molecule has 136 valence electrons. The molecule has 23 heavy (non-hydrogen) atoms. The van der Waals surface area contributed by atoms with Gasteiger partial charge in [-0.15, -0.1) is 0 Å². The first-order chi connectivity index (χ1) is 10.8. The molecule has 1 amide bonds. The number of unbranched alkanes of at least 4 members (excludes halogenated alkanes) is 1. The smallest absolute Gasteiger partial charge is 0.303 e. The lowest BCUT2D eigenvalue weighted by Crippen LogP contribution is -2.35. The predicted molar refractivity (Wildman–Crippen MR) is 94.1 cm³/mol. The van der Waals surface area contributed by atoms with Crippen molar-refractivity contribution in [2.24, 2.45) is 29.4 Å². The molecule has 0 aliphatic heterocycles. The standard InChI is InChI=1S/C18H36N2O3/c1-5-6-7-14(3)15(4)16(11-18(22)23)12-20-17(21)10-13(2)8-9-19/h13-16H,5-12,19H2,1-4H3,(H,20,21)(H,22,23). The number of hydrogen-bond donors (Lipinski definition) is 3. The van der Waals surface area contributed by atoms with E-state index < -0.39 is 5.97 Å². The molecule has 0 aliphatic carbocycles. The lowest BCUT2D eigenvalue weighted by molar-refractivity contribution is -0.139. The third-order valence-electron chi connectivity index (χ3n) is 4.85. The molecule has 0 heterocycles. The topological polar surface area (TPSA) is 92.4 Å². The Morgan fingerprint density at radius 3 is 2.30 bits per heavy atom. The zero-order chi connectivity index (χ0) is 17.8. The van der Waals surface area contributed by atoms with Crippen molar-refractivity contribution in [1.29, 1.82) is 0 Å². The van der Waals surface area contributed by atoms with Crippen molar-refractivity contribution in [1.82, 2.24) is 5.32 Å². The summed E-state index contributed by atoms with van der Waals surface area (Å²) in [5.74, 6) is 0.184. The van der Waals surface area contributed by atoms with E-state index in [4.69, 9.17) is 10.8 Å². The highest BCUT2D eigenvalue weighted by molar-refractivity contribution is 5.76. The predicted octanol–water partition coefficient (Wildman–Crippen LogP) is 3.03. The molecule has 0 bridgehead atoms. The first-order valence-corrected chi connectivity index (χ1v) is 9.00. The molecule has 0 rings (SSSR count). The van der Waals surface area contributed by atoms with Crippen LogP contribution in [0.5, 0.6) is 0 Å². The van der Waals surface area contributed by atoms with Crippen molar-refractivity contribution in [3.8, 4) is 0 Å². The summed E-state index contributed by atoms with van der Waals surface area (Å²) in [7, 11) is 0. The third kappa shape index (κ3) is 10.3. The minimum Gasteiger partial charge on any atom is -0.481 e. The van der Waals surface area contributed by atoms with Crippen LogP contribution in [0.1, 0.15) is 66.2 Å². The first kappa shape index (κ1) is 21.9. The molecule has 5 heteroatoms. The Hall–Kier alpha value is -1.10. The number of aliphatic carboxylic acids is 1. The second kappa shape index (κ2) is 12.3. The molecule has 0 aromatic heterocycles. The first-order valence-electron chi connectivity index (χ1n) is 9.00. The monoisotopic (exact) mass is 328 g/mol. The summed E-state index contributed by atoms with van der Waals surface area (Å²) in [5, 5.41) is 12.1. The van der Waals surface area contributed by atoms with Crippen LogP contribution in [0.3, 0.4) is 0 Å². The Morgan fingerprint density at radius 1 is 1.13 bits per heavy atom. The summed E-state index contributed by atoms with van der Waals surface area (Å²) < 4.78 is 0. The maximum absolute atomic E-state index is 12.0. The zero-order valence-electron chi connectivity index (χ0n) is 15.3. The van der Waals surface area contributed by atoms with Crippen molar-refractivity contribution < 1.29 is 14.7 Å². The molecule has 4 unspecified atom stereocenters. The van der Waals surface area contributed by atoms with Gasteiger partial charge in [-0.05, 0) is 36.6 Å². The normalized spacial score (nSPS) is 16.4. The number of rotatable bonds is 13. The van der Waals surface area contributed by atoms with Crippen molar-refractivity contribution in [2.45, 2.75) is 66.2 Å². The maximum atomic E-state index is 12.0. The van der Waals surface area contributed by atoms with Crippen LogP contribution in [0.2, 0.25) is 0 Å². The molecule has 5 nitrogen and oxygen atoms in total. The van der Waals surface area contributed by atoms with E-state index in [0.717, 1.165) is 25.7 Å². The van der Waals surface area contributed by atoms with Gasteiger partial charge in [0, 0.05) is 13.0 Å². The Kier molecular flexibility index (Phi) is 11.7. The fraction of sp³-hybridized carbons (Fsp3) is 0.889. The van der Waals surface area contributed by atoms with Crippen LogP contribution in [0.25, 0.3) is 0 Å². The molecule has 0 saturated carbocycles. The number of carbonyl (C=O) groups excluding carboxylic acids is 1. The summed E-state index contributed by atoms with van der Waals surface area (Å²) in [4.78, 5) is 23.1. The highest BCUT2D eigenvalue weighted by Crippen LogP contribution is 2.27. The molecule has 0 fully saturated rings. The van der Waals surface area contributed by atoms with E-state index in [1.807, 2.05) is 6.92 Å². The van der Waals surface area contributed by atoms with Gasteiger partial charge in [0.25, 0.3) is 0 Å². The number of carbonyl (C=O) groups is 2. The lowest BCUT2D eigenvalue weighted by Gasteiger charge is -2.28. The average molecular weight is 328 g/mol. The van der Waals surface area contributed by atoms with E-state index in [0.29, 0.717) is 25.4 Å². The molecular weight excluding hydrogens is 292 g/mol. The molecule has 0 aromatic rings. The number of nitrogens with one attached hydrogen (secondary N) is 1. The average Bonchev–Trinajstić information content (AvgIpc) is 2.48. The van der Waals surface area contributed by atoms with Crippen LogP contribution in [-0.2, 0) is 9.59 Å². The van der Waals surface area contributed by atoms with Crippen LogP contribution >= 0.6 is 0 Å².